The first-order chi connectivity index (χ1) is 15.6. The van der Waals surface area contributed by atoms with E-state index in [2.05, 4.69) is 16.8 Å². The summed E-state index contributed by atoms with van der Waals surface area (Å²) in [6, 6.07) is 9.99. The van der Waals surface area contributed by atoms with Gasteiger partial charge in [0.15, 0.2) is 9.84 Å². The van der Waals surface area contributed by atoms with Crippen LogP contribution in [0.3, 0.4) is 0 Å². The molecule has 3 aliphatic rings. The Bertz CT molecular complexity index is 1170. The van der Waals surface area contributed by atoms with Gasteiger partial charge in [0.2, 0.25) is 0 Å². The number of carbonyl (C=O) groups excluding carboxylic acids is 1. The van der Waals surface area contributed by atoms with Crippen LogP contribution >= 0.6 is 0 Å². The molecule has 2 heterocycles. The molecule has 1 saturated heterocycles. The third kappa shape index (κ3) is 4.14. The Kier molecular flexibility index (Phi) is 5.27. The van der Waals surface area contributed by atoms with Crippen LogP contribution < -0.4 is 4.90 Å². The maximum Gasteiger partial charge on any atom is 0.326 e. The van der Waals surface area contributed by atoms with E-state index in [9.17, 15) is 17.6 Å². The van der Waals surface area contributed by atoms with Crippen LogP contribution in [0.5, 0.6) is 0 Å². The molecule has 5 rings (SSSR count). The van der Waals surface area contributed by atoms with Crippen LogP contribution in [-0.2, 0) is 15.3 Å². The fourth-order valence-corrected chi connectivity index (χ4v) is 5.96. The average molecular weight is 472 g/mol. The Labute approximate surface area is 194 Å². The summed E-state index contributed by atoms with van der Waals surface area (Å²) in [5, 5.41) is 0. The van der Waals surface area contributed by atoms with Gasteiger partial charge in [0.25, 0.3) is 0 Å². The summed E-state index contributed by atoms with van der Waals surface area (Å²) in [4.78, 5) is 21.8. The van der Waals surface area contributed by atoms with E-state index in [0.29, 0.717) is 18.3 Å². The molecule has 176 valence electrons. The number of amides is 2. The molecule has 8 heteroatoms. The lowest BCUT2D eigenvalue weighted by Crippen LogP contribution is -2.52. The van der Waals surface area contributed by atoms with E-state index in [1.807, 2.05) is 6.07 Å². The van der Waals surface area contributed by atoms with E-state index >= 15 is 0 Å². The smallest absolute Gasteiger partial charge is 0.317 e. The first-order valence-corrected chi connectivity index (χ1v) is 13.5. The van der Waals surface area contributed by atoms with E-state index in [1.165, 1.54) is 18.3 Å². The quantitative estimate of drug-likeness (QED) is 0.642. The number of halogens is 1. The molecule has 2 aliphatic carbocycles. The molecule has 0 radical (unpaired) electrons. The molecule has 2 saturated carbocycles. The molecule has 0 N–H and O–H groups in total. The normalized spacial score (nSPS) is 28.0. The number of carbonyl (C=O) groups is 1. The number of benzene rings is 1. The van der Waals surface area contributed by atoms with Crippen molar-refractivity contribution in [2.75, 3.05) is 24.2 Å². The van der Waals surface area contributed by atoms with Crippen LogP contribution in [0, 0.1) is 11.7 Å². The fraction of sp³-hybridized carbons (Fsp3) is 0.520. The highest BCUT2D eigenvalue weighted by Gasteiger charge is 2.54. The summed E-state index contributed by atoms with van der Waals surface area (Å²) >= 11 is 0. The highest BCUT2D eigenvalue weighted by molar-refractivity contribution is 7.90. The second-order valence-corrected chi connectivity index (χ2v) is 12.4. The first kappa shape index (κ1) is 22.3. The van der Waals surface area contributed by atoms with Gasteiger partial charge >= 0.3 is 6.03 Å². The molecule has 1 aromatic carbocycles. The molecule has 33 heavy (non-hydrogen) atoms. The Morgan fingerprint density at radius 2 is 1.85 bits per heavy atom. The van der Waals surface area contributed by atoms with E-state index in [1.54, 1.807) is 23.1 Å². The molecule has 2 amide bonds. The summed E-state index contributed by atoms with van der Waals surface area (Å²) in [6.07, 6.45) is 8.22. The van der Waals surface area contributed by atoms with Crippen molar-refractivity contribution in [3.8, 4) is 0 Å². The van der Waals surface area contributed by atoms with Gasteiger partial charge in [-0.05, 0) is 79.7 Å². The van der Waals surface area contributed by atoms with Crippen molar-refractivity contribution in [3.63, 3.8) is 0 Å². The number of rotatable bonds is 5. The van der Waals surface area contributed by atoms with Gasteiger partial charge in [-0.15, -0.1) is 0 Å². The minimum Gasteiger partial charge on any atom is -0.317 e. The van der Waals surface area contributed by atoms with Crippen molar-refractivity contribution in [3.05, 3.63) is 54.0 Å². The number of hydrogen-bond acceptors (Lipinski definition) is 4. The molecular weight excluding hydrogens is 441 g/mol. The van der Waals surface area contributed by atoms with E-state index in [0.717, 1.165) is 56.9 Å². The lowest BCUT2D eigenvalue weighted by atomic mass is 9.65. The highest BCUT2D eigenvalue weighted by Crippen LogP contribution is 2.49. The Hall–Kier alpha value is -2.48. The SMILES string of the molecule is CC1(c2cccc(F)c2)CCC2(CC1)CN(c1ccc(S(C)(=O)=O)cn1)C(=O)N2CC1CC1. The standard InChI is InChI=1S/C25H30FN3O3S/c1-24(19-4-3-5-20(26)14-19)10-12-25(13-11-24)17-28(23(30)29(25)16-18-6-7-18)22-9-8-21(15-27-22)33(2,31)32/h3-5,8-9,14-15,18H,6-7,10-13,16-17H2,1-2H3. The highest BCUT2D eigenvalue weighted by atomic mass is 32.2. The molecule has 1 aliphatic heterocycles. The Morgan fingerprint density at radius 3 is 2.42 bits per heavy atom. The van der Waals surface area contributed by atoms with Crippen molar-refractivity contribution in [2.45, 2.75) is 61.3 Å². The lowest BCUT2D eigenvalue weighted by molar-refractivity contribution is 0.0894. The Morgan fingerprint density at radius 1 is 1.12 bits per heavy atom. The minimum atomic E-state index is -3.35. The van der Waals surface area contributed by atoms with Crippen LogP contribution in [0.25, 0.3) is 0 Å². The summed E-state index contributed by atoms with van der Waals surface area (Å²) < 4.78 is 37.5. The monoisotopic (exact) mass is 471 g/mol. The van der Waals surface area contributed by atoms with Crippen molar-refractivity contribution in [1.82, 2.24) is 9.88 Å². The minimum absolute atomic E-state index is 0.0455. The van der Waals surface area contributed by atoms with E-state index in [4.69, 9.17) is 0 Å². The van der Waals surface area contributed by atoms with Crippen molar-refractivity contribution < 1.29 is 17.6 Å². The predicted molar refractivity (Wildman–Crippen MR) is 124 cm³/mol. The molecular formula is C25H30FN3O3S. The van der Waals surface area contributed by atoms with E-state index < -0.39 is 9.84 Å². The van der Waals surface area contributed by atoms with Crippen molar-refractivity contribution >= 4 is 21.7 Å². The summed E-state index contributed by atoms with van der Waals surface area (Å²) in [7, 11) is -3.35. The van der Waals surface area contributed by atoms with Crippen LogP contribution in [0.15, 0.2) is 47.5 Å². The number of urea groups is 1. The maximum atomic E-state index is 13.9. The zero-order valence-electron chi connectivity index (χ0n) is 19.1. The lowest BCUT2D eigenvalue weighted by Gasteiger charge is -2.47. The molecule has 1 aromatic heterocycles. The number of pyridine rings is 1. The van der Waals surface area contributed by atoms with Gasteiger partial charge in [0.05, 0.1) is 17.0 Å². The van der Waals surface area contributed by atoms with Gasteiger partial charge in [-0.25, -0.2) is 22.6 Å². The number of hydrogen-bond donors (Lipinski definition) is 0. The van der Waals surface area contributed by atoms with Gasteiger partial charge in [-0.3, -0.25) is 4.90 Å². The summed E-state index contributed by atoms with van der Waals surface area (Å²) in [5.74, 6) is 0.835. The predicted octanol–water partition coefficient (Wildman–Crippen LogP) is 4.55. The third-order valence-electron chi connectivity index (χ3n) is 7.86. The number of sulfone groups is 1. The molecule has 2 aromatic rings. The topological polar surface area (TPSA) is 70.6 Å². The molecule has 6 nitrogen and oxygen atoms in total. The third-order valence-corrected chi connectivity index (χ3v) is 8.95. The van der Waals surface area contributed by atoms with Gasteiger partial charge < -0.3 is 4.90 Å². The molecule has 0 unspecified atom stereocenters. The first-order valence-electron chi connectivity index (χ1n) is 11.6. The van der Waals surface area contributed by atoms with Crippen LogP contribution in [0.4, 0.5) is 15.0 Å². The summed E-state index contributed by atoms with van der Waals surface area (Å²) in [6.45, 7) is 3.50. The Balaban J connectivity index is 1.41. The summed E-state index contributed by atoms with van der Waals surface area (Å²) in [5.41, 5.74) is 0.624. The van der Waals surface area contributed by atoms with Gasteiger partial charge in [-0.1, -0.05) is 19.1 Å². The zero-order chi connectivity index (χ0) is 23.4. The average Bonchev–Trinajstić information content (AvgIpc) is 3.57. The molecule has 0 atom stereocenters. The fourth-order valence-electron chi connectivity index (χ4n) is 5.40. The maximum absolute atomic E-state index is 13.9. The molecule has 0 bridgehead atoms. The van der Waals surface area contributed by atoms with Crippen molar-refractivity contribution in [2.24, 2.45) is 5.92 Å². The van der Waals surface area contributed by atoms with Crippen LogP contribution in [0.2, 0.25) is 0 Å². The van der Waals surface area contributed by atoms with Gasteiger partial charge in [-0.2, -0.15) is 0 Å². The molecule has 1 spiro atoms. The van der Waals surface area contributed by atoms with Crippen LogP contribution in [-0.4, -0.2) is 49.2 Å². The molecule has 3 fully saturated rings. The number of anilines is 1. The number of nitrogens with zero attached hydrogens (tertiary/aromatic N) is 3. The van der Waals surface area contributed by atoms with Gasteiger partial charge in [0.1, 0.15) is 11.6 Å². The zero-order valence-corrected chi connectivity index (χ0v) is 19.9. The second-order valence-electron chi connectivity index (χ2n) is 10.3. The second kappa shape index (κ2) is 7.79. The van der Waals surface area contributed by atoms with Crippen LogP contribution in [0.1, 0.15) is 51.0 Å². The van der Waals surface area contributed by atoms with Gasteiger partial charge in [0, 0.05) is 19.0 Å². The van der Waals surface area contributed by atoms with E-state index in [-0.39, 0.29) is 27.7 Å². The largest absolute Gasteiger partial charge is 0.326 e. The number of aromatic nitrogens is 1. The van der Waals surface area contributed by atoms with Crippen molar-refractivity contribution in [1.29, 1.82) is 0 Å².